The lowest BCUT2D eigenvalue weighted by Gasteiger charge is -2.34. The van der Waals surface area contributed by atoms with Gasteiger partial charge in [0.15, 0.2) is 0 Å². The molecular formula is C9H17N3O. The number of likely N-dealkylation sites (tertiary alicyclic amines) is 1. The molecule has 0 aromatic carbocycles. The number of carbonyl (C=O) groups excluding carboxylic acids is 1. The topological polar surface area (TPSA) is 70.2 Å². The molecule has 1 amide bonds. The first kappa shape index (κ1) is 10.0. The third-order valence-electron chi connectivity index (χ3n) is 2.44. The maximum absolute atomic E-state index is 10.7. The van der Waals surface area contributed by atoms with Crippen molar-refractivity contribution in [2.45, 2.75) is 38.6 Å². The van der Waals surface area contributed by atoms with Crippen LogP contribution in [0.2, 0.25) is 0 Å². The average molecular weight is 183 g/mol. The predicted octanol–water partition coefficient (Wildman–Crippen LogP) is 0.713. The number of amidine groups is 1. The van der Waals surface area contributed by atoms with Gasteiger partial charge in [-0.15, -0.1) is 0 Å². The average Bonchev–Trinajstić information content (AvgIpc) is 2.03. The Morgan fingerprint density at radius 2 is 2.38 bits per heavy atom. The van der Waals surface area contributed by atoms with E-state index in [-0.39, 0.29) is 11.9 Å². The molecule has 1 rings (SSSR count). The standard InChI is InChI=1S/C9H17N3O/c1-7(6-9(11)13)12-5-3-2-4-8(12)10/h7,10H,2-6H2,1H3,(H2,11,13). The molecule has 0 aromatic heterocycles. The minimum Gasteiger partial charge on any atom is -0.370 e. The Morgan fingerprint density at radius 1 is 1.69 bits per heavy atom. The minimum atomic E-state index is -0.286. The lowest BCUT2D eigenvalue weighted by atomic mass is 10.1. The summed E-state index contributed by atoms with van der Waals surface area (Å²) in [5, 5.41) is 7.69. The molecule has 0 aliphatic carbocycles. The molecule has 4 nitrogen and oxygen atoms in total. The summed E-state index contributed by atoms with van der Waals surface area (Å²) >= 11 is 0. The smallest absolute Gasteiger partial charge is 0.219 e. The Hall–Kier alpha value is -1.06. The van der Waals surface area contributed by atoms with Crippen LogP contribution in [0, 0.1) is 5.41 Å². The van der Waals surface area contributed by atoms with E-state index in [1.165, 1.54) is 0 Å². The highest BCUT2D eigenvalue weighted by Crippen LogP contribution is 2.15. The van der Waals surface area contributed by atoms with Crippen molar-refractivity contribution in [2.24, 2.45) is 5.73 Å². The molecule has 0 aromatic rings. The lowest BCUT2D eigenvalue weighted by molar-refractivity contribution is -0.118. The van der Waals surface area contributed by atoms with E-state index in [1.54, 1.807) is 0 Å². The van der Waals surface area contributed by atoms with Crippen molar-refractivity contribution < 1.29 is 4.79 Å². The first-order valence-corrected chi connectivity index (χ1v) is 4.73. The summed E-state index contributed by atoms with van der Waals surface area (Å²) in [4.78, 5) is 12.7. The molecule has 13 heavy (non-hydrogen) atoms. The van der Waals surface area contributed by atoms with E-state index < -0.39 is 0 Å². The number of hydrogen-bond acceptors (Lipinski definition) is 2. The summed E-state index contributed by atoms with van der Waals surface area (Å²) in [5.41, 5.74) is 5.11. The van der Waals surface area contributed by atoms with E-state index in [4.69, 9.17) is 11.1 Å². The van der Waals surface area contributed by atoms with Gasteiger partial charge in [0.25, 0.3) is 0 Å². The van der Waals surface area contributed by atoms with Crippen LogP contribution in [0.4, 0.5) is 0 Å². The van der Waals surface area contributed by atoms with Gasteiger partial charge in [0.1, 0.15) is 0 Å². The highest BCUT2D eigenvalue weighted by Gasteiger charge is 2.21. The molecule has 1 aliphatic rings. The molecule has 1 fully saturated rings. The Labute approximate surface area is 78.6 Å². The molecule has 1 aliphatic heterocycles. The van der Waals surface area contributed by atoms with Crippen molar-refractivity contribution in [1.29, 1.82) is 5.41 Å². The largest absolute Gasteiger partial charge is 0.370 e. The summed E-state index contributed by atoms with van der Waals surface area (Å²) in [6, 6.07) is 0.0882. The zero-order valence-electron chi connectivity index (χ0n) is 8.05. The van der Waals surface area contributed by atoms with Crippen molar-refractivity contribution >= 4 is 11.7 Å². The van der Waals surface area contributed by atoms with Crippen molar-refractivity contribution in [3.05, 3.63) is 0 Å². The van der Waals surface area contributed by atoms with Gasteiger partial charge in [-0.1, -0.05) is 0 Å². The monoisotopic (exact) mass is 183 g/mol. The van der Waals surface area contributed by atoms with Crippen molar-refractivity contribution in [1.82, 2.24) is 4.90 Å². The number of piperidine rings is 1. The van der Waals surface area contributed by atoms with Gasteiger partial charge in [-0.05, 0) is 19.8 Å². The van der Waals surface area contributed by atoms with Gasteiger partial charge in [0.2, 0.25) is 5.91 Å². The van der Waals surface area contributed by atoms with Crippen LogP contribution in [-0.4, -0.2) is 29.2 Å². The number of carbonyl (C=O) groups is 1. The van der Waals surface area contributed by atoms with Crippen molar-refractivity contribution in [3.63, 3.8) is 0 Å². The third-order valence-corrected chi connectivity index (χ3v) is 2.44. The molecule has 1 unspecified atom stereocenters. The first-order chi connectivity index (χ1) is 6.11. The van der Waals surface area contributed by atoms with E-state index in [9.17, 15) is 4.79 Å². The van der Waals surface area contributed by atoms with E-state index in [0.29, 0.717) is 12.3 Å². The van der Waals surface area contributed by atoms with Crippen LogP contribution in [0.3, 0.4) is 0 Å². The number of rotatable bonds is 3. The van der Waals surface area contributed by atoms with Crippen LogP contribution >= 0.6 is 0 Å². The van der Waals surface area contributed by atoms with Crippen LogP contribution in [-0.2, 0) is 4.79 Å². The lowest BCUT2D eigenvalue weighted by Crippen LogP contribution is -2.43. The van der Waals surface area contributed by atoms with Crippen LogP contribution in [0.15, 0.2) is 0 Å². The Kier molecular flexibility index (Phi) is 3.28. The van der Waals surface area contributed by atoms with E-state index in [0.717, 1.165) is 25.8 Å². The second-order valence-electron chi connectivity index (χ2n) is 3.62. The second kappa shape index (κ2) is 4.25. The highest BCUT2D eigenvalue weighted by molar-refractivity contribution is 5.81. The Morgan fingerprint density at radius 3 is 2.92 bits per heavy atom. The summed E-state index contributed by atoms with van der Waals surface area (Å²) in [5.74, 6) is 0.367. The van der Waals surface area contributed by atoms with Crippen LogP contribution in [0.1, 0.15) is 32.6 Å². The summed E-state index contributed by atoms with van der Waals surface area (Å²) in [7, 11) is 0. The molecule has 0 saturated carbocycles. The molecule has 1 heterocycles. The Balaban J connectivity index is 2.48. The predicted molar refractivity (Wildman–Crippen MR) is 51.6 cm³/mol. The molecule has 74 valence electrons. The summed E-state index contributed by atoms with van der Waals surface area (Å²) in [6.07, 6.45) is 3.40. The quantitative estimate of drug-likeness (QED) is 0.676. The van der Waals surface area contributed by atoms with Gasteiger partial charge in [-0.25, -0.2) is 0 Å². The number of primary amides is 1. The van der Waals surface area contributed by atoms with Crippen molar-refractivity contribution in [3.8, 4) is 0 Å². The zero-order valence-corrected chi connectivity index (χ0v) is 8.05. The van der Waals surface area contributed by atoms with E-state index in [1.807, 2.05) is 11.8 Å². The van der Waals surface area contributed by atoms with Crippen LogP contribution in [0.5, 0.6) is 0 Å². The zero-order chi connectivity index (χ0) is 9.84. The maximum atomic E-state index is 10.7. The van der Waals surface area contributed by atoms with Gasteiger partial charge in [-0.2, -0.15) is 0 Å². The number of nitrogens with zero attached hydrogens (tertiary/aromatic N) is 1. The number of nitrogens with one attached hydrogen (secondary N) is 1. The summed E-state index contributed by atoms with van der Waals surface area (Å²) in [6.45, 7) is 2.85. The third kappa shape index (κ3) is 2.72. The maximum Gasteiger partial charge on any atom is 0.219 e. The second-order valence-corrected chi connectivity index (χ2v) is 3.62. The molecule has 3 N–H and O–H groups in total. The van der Waals surface area contributed by atoms with E-state index in [2.05, 4.69) is 0 Å². The van der Waals surface area contributed by atoms with Gasteiger partial charge in [0.05, 0.1) is 5.84 Å². The SMILES string of the molecule is CC(CC(N)=O)N1CCCCC1=N. The van der Waals surface area contributed by atoms with Crippen LogP contribution < -0.4 is 5.73 Å². The number of nitrogens with two attached hydrogens (primary N) is 1. The van der Waals surface area contributed by atoms with Crippen LogP contribution in [0.25, 0.3) is 0 Å². The number of hydrogen-bond donors (Lipinski definition) is 2. The number of amides is 1. The Bertz CT molecular complexity index is 215. The van der Waals surface area contributed by atoms with E-state index >= 15 is 0 Å². The first-order valence-electron chi connectivity index (χ1n) is 4.73. The molecule has 4 heteroatoms. The molecule has 0 bridgehead atoms. The highest BCUT2D eigenvalue weighted by atomic mass is 16.1. The summed E-state index contributed by atoms with van der Waals surface area (Å²) < 4.78 is 0. The molecular weight excluding hydrogens is 166 g/mol. The fourth-order valence-electron chi connectivity index (χ4n) is 1.74. The molecule has 0 spiro atoms. The van der Waals surface area contributed by atoms with Crippen molar-refractivity contribution in [2.75, 3.05) is 6.54 Å². The molecule has 1 saturated heterocycles. The van der Waals surface area contributed by atoms with Gasteiger partial charge in [-0.3, -0.25) is 10.2 Å². The van der Waals surface area contributed by atoms with Gasteiger partial charge in [0, 0.05) is 25.4 Å². The molecule has 1 atom stereocenters. The fraction of sp³-hybridized carbons (Fsp3) is 0.778. The normalized spacial score (nSPS) is 20.1. The minimum absolute atomic E-state index is 0.0882. The fourth-order valence-corrected chi connectivity index (χ4v) is 1.74. The van der Waals surface area contributed by atoms with Gasteiger partial charge < -0.3 is 10.6 Å². The van der Waals surface area contributed by atoms with Gasteiger partial charge >= 0.3 is 0 Å². The molecule has 0 radical (unpaired) electrons.